The summed E-state index contributed by atoms with van der Waals surface area (Å²) in [4.78, 5) is 16.8. The molecule has 0 saturated carbocycles. The lowest BCUT2D eigenvalue weighted by Crippen LogP contribution is -2.34. The molecular weight excluding hydrogens is 394 g/mol. The fourth-order valence-electron chi connectivity index (χ4n) is 3.24. The first-order valence-electron chi connectivity index (χ1n) is 9.02. The second-order valence-corrected chi connectivity index (χ2v) is 8.56. The smallest absolute Gasteiger partial charge is 0.267 e. The molecule has 0 aliphatic carbocycles. The van der Waals surface area contributed by atoms with Gasteiger partial charge in [0, 0.05) is 12.0 Å². The summed E-state index contributed by atoms with van der Waals surface area (Å²) in [5.74, 6) is 0.612. The number of aryl methyl sites for hydroxylation is 1. The van der Waals surface area contributed by atoms with Gasteiger partial charge in [-0.1, -0.05) is 22.9 Å². The van der Waals surface area contributed by atoms with Crippen molar-refractivity contribution >= 4 is 15.9 Å². The molecule has 3 aromatic rings. The molecule has 1 aliphatic heterocycles. The van der Waals surface area contributed by atoms with Crippen LogP contribution in [-0.2, 0) is 14.8 Å². The summed E-state index contributed by atoms with van der Waals surface area (Å²) < 4.78 is 37.5. The summed E-state index contributed by atoms with van der Waals surface area (Å²) in [6.45, 7) is 1.86. The molecule has 2 heterocycles. The molecule has 1 amide bonds. The quantitative estimate of drug-likeness (QED) is 0.633. The minimum absolute atomic E-state index is 0.0539. The maximum absolute atomic E-state index is 13.1. The van der Waals surface area contributed by atoms with Gasteiger partial charge in [-0.05, 0) is 49.7 Å². The molecule has 4 rings (SSSR count). The van der Waals surface area contributed by atoms with Crippen LogP contribution < -0.4 is 4.74 Å². The minimum Gasteiger partial charge on any atom is -0.497 e. The molecule has 1 aromatic heterocycles. The molecule has 1 aliphatic rings. The maximum Gasteiger partial charge on any atom is 0.267 e. The van der Waals surface area contributed by atoms with E-state index in [0.717, 1.165) is 9.87 Å². The molecule has 0 radical (unpaired) electrons. The van der Waals surface area contributed by atoms with Crippen molar-refractivity contribution in [2.45, 2.75) is 30.7 Å². The number of benzene rings is 2. The first-order valence-corrected chi connectivity index (χ1v) is 10.5. The normalized spacial score (nSPS) is 17.0. The van der Waals surface area contributed by atoms with E-state index in [4.69, 9.17) is 9.26 Å². The number of aromatic nitrogens is 2. The third-order valence-electron chi connectivity index (χ3n) is 4.81. The van der Waals surface area contributed by atoms with Gasteiger partial charge in [0.1, 0.15) is 11.8 Å². The summed E-state index contributed by atoms with van der Waals surface area (Å²) in [6, 6.07) is 12.6. The first kappa shape index (κ1) is 19.1. The minimum atomic E-state index is -4.03. The number of hydrogen-bond donors (Lipinski definition) is 0. The van der Waals surface area contributed by atoms with Crippen LogP contribution in [0.4, 0.5) is 0 Å². The van der Waals surface area contributed by atoms with Crippen LogP contribution >= 0.6 is 0 Å². The molecule has 0 unspecified atom stereocenters. The standard InChI is InChI=1S/C20H19N3O5S/c1-13-3-9-16(10-4-13)29(25,26)23-17(11-12-18(23)24)20-21-19(22-28-20)14-5-7-15(27-2)8-6-14/h3-10,17H,11-12H2,1-2H3/t17-/m0/s1. The van der Waals surface area contributed by atoms with Gasteiger partial charge in [-0.25, -0.2) is 12.7 Å². The molecule has 0 N–H and O–H groups in total. The fraction of sp³-hybridized carbons (Fsp3) is 0.250. The summed E-state index contributed by atoms with van der Waals surface area (Å²) in [5, 5.41) is 3.95. The molecule has 29 heavy (non-hydrogen) atoms. The zero-order chi connectivity index (χ0) is 20.6. The second kappa shape index (κ2) is 7.32. The van der Waals surface area contributed by atoms with E-state index in [2.05, 4.69) is 10.1 Å². The van der Waals surface area contributed by atoms with E-state index in [1.165, 1.54) is 12.1 Å². The Morgan fingerprint density at radius 1 is 1.10 bits per heavy atom. The van der Waals surface area contributed by atoms with E-state index in [0.29, 0.717) is 17.1 Å². The number of sulfonamides is 1. The molecule has 150 valence electrons. The van der Waals surface area contributed by atoms with Crippen molar-refractivity contribution in [2.24, 2.45) is 0 Å². The molecule has 0 bridgehead atoms. The van der Waals surface area contributed by atoms with Gasteiger partial charge < -0.3 is 9.26 Å². The highest BCUT2D eigenvalue weighted by atomic mass is 32.2. The summed E-state index contributed by atoms with van der Waals surface area (Å²) in [7, 11) is -2.46. The molecular formula is C20H19N3O5S. The predicted molar refractivity (Wildman–Crippen MR) is 103 cm³/mol. The highest BCUT2D eigenvalue weighted by Gasteiger charge is 2.44. The van der Waals surface area contributed by atoms with Crippen molar-refractivity contribution in [3.05, 3.63) is 60.0 Å². The van der Waals surface area contributed by atoms with Crippen molar-refractivity contribution < 1.29 is 22.5 Å². The van der Waals surface area contributed by atoms with Gasteiger partial charge in [0.15, 0.2) is 0 Å². The van der Waals surface area contributed by atoms with Gasteiger partial charge in [0.25, 0.3) is 15.9 Å². The number of nitrogens with zero attached hydrogens (tertiary/aromatic N) is 3. The van der Waals surface area contributed by atoms with Gasteiger partial charge in [0.2, 0.25) is 11.7 Å². The number of carbonyl (C=O) groups excluding carboxylic acids is 1. The summed E-state index contributed by atoms with van der Waals surface area (Å²) in [6.07, 6.45) is 0.379. The van der Waals surface area contributed by atoms with Crippen molar-refractivity contribution in [2.75, 3.05) is 7.11 Å². The number of carbonyl (C=O) groups is 1. The van der Waals surface area contributed by atoms with Crippen molar-refractivity contribution in [1.29, 1.82) is 0 Å². The van der Waals surface area contributed by atoms with Crippen molar-refractivity contribution in [1.82, 2.24) is 14.4 Å². The molecule has 0 spiro atoms. The Bertz CT molecular complexity index is 1140. The first-order chi connectivity index (χ1) is 13.9. The monoisotopic (exact) mass is 413 g/mol. The molecule has 9 heteroatoms. The zero-order valence-electron chi connectivity index (χ0n) is 15.9. The average molecular weight is 413 g/mol. The van der Waals surface area contributed by atoms with Gasteiger partial charge in [0.05, 0.1) is 12.0 Å². The van der Waals surface area contributed by atoms with E-state index in [1.54, 1.807) is 43.5 Å². The van der Waals surface area contributed by atoms with Crippen LogP contribution in [0.25, 0.3) is 11.4 Å². The lowest BCUT2D eigenvalue weighted by Gasteiger charge is -2.21. The third-order valence-corrected chi connectivity index (χ3v) is 6.66. The number of amides is 1. The van der Waals surface area contributed by atoms with E-state index in [-0.39, 0.29) is 23.6 Å². The van der Waals surface area contributed by atoms with Crippen molar-refractivity contribution in [3.63, 3.8) is 0 Å². The highest BCUT2D eigenvalue weighted by Crippen LogP contribution is 2.37. The van der Waals surface area contributed by atoms with Crippen LogP contribution in [-0.4, -0.2) is 35.9 Å². The fourth-order valence-corrected chi connectivity index (χ4v) is 4.84. The van der Waals surface area contributed by atoms with Gasteiger partial charge in [-0.3, -0.25) is 4.79 Å². The molecule has 1 saturated heterocycles. The van der Waals surface area contributed by atoms with Crippen LogP contribution in [0.15, 0.2) is 57.9 Å². The van der Waals surface area contributed by atoms with Crippen LogP contribution in [0.2, 0.25) is 0 Å². The number of rotatable bonds is 5. The molecule has 8 nitrogen and oxygen atoms in total. The van der Waals surface area contributed by atoms with Gasteiger partial charge in [-0.2, -0.15) is 4.98 Å². The number of ether oxygens (including phenoxy) is 1. The zero-order valence-corrected chi connectivity index (χ0v) is 16.7. The topological polar surface area (TPSA) is 103 Å². The van der Waals surface area contributed by atoms with Gasteiger partial charge >= 0.3 is 0 Å². The highest BCUT2D eigenvalue weighted by molar-refractivity contribution is 7.89. The number of methoxy groups -OCH3 is 1. The lowest BCUT2D eigenvalue weighted by atomic mass is 10.2. The predicted octanol–water partition coefficient (Wildman–Crippen LogP) is 3.11. The summed E-state index contributed by atoms with van der Waals surface area (Å²) >= 11 is 0. The molecule has 1 atom stereocenters. The van der Waals surface area contributed by atoms with Crippen LogP contribution in [0.1, 0.15) is 30.3 Å². The van der Waals surface area contributed by atoms with Crippen LogP contribution in [0.3, 0.4) is 0 Å². The maximum atomic E-state index is 13.1. The van der Waals surface area contributed by atoms with E-state index >= 15 is 0 Å². The SMILES string of the molecule is COc1ccc(-c2noc([C@@H]3CCC(=O)N3S(=O)(=O)c3ccc(C)cc3)n2)cc1. The largest absolute Gasteiger partial charge is 0.497 e. The second-order valence-electron chi connectivity index (χ2n) is 6.75. The Hall–Kier alpha value is -3.20. The number of hydrogen-bond acceptors (Lipinski definition) is 7. The Morgan fingerprint density at radius 3 is 2.45 bits per heavy atom. The lowest BCUT2D eigenvalue weighted by molar-refractivity contribution is -0.124. The Kier molecular flexibility index (Phi) is 4.83. The molecule has 2 aromatic carbocycles. The molecule has 1 fully saturated rings. The van der Waals surface area contributed by atoms with E-state index in [1.807, 2.05) is 6.92 Å². The summed E-state index contributed by atoms with van der Waals surface area (Å²) in [5.41, 5.74) is 1.62. The Morgan fingerprint density at radius 2 is 1.79 bits per heavy atom. The van der Waals surface area contributed by atoms with Crippen LogP contribution in [0, 0.1) is 6.92 Å². The Balaban J connectivity index is 1.66. The third kappa shape index (κ3) is 3.49. The van der Waals surface area contributed by atoms with E-state index < -0.39 is 22.0 Å². The Labute approximate surface area is 168 Å². The van der Waals surface area contributed by atoms with Gasteiger partial charge in [-0.15, -0.1) is 0 Å². The van der Waals surface area contributed by atoms with E-state index in [9.17, 15) is 13.2 Å². The van der Waals surface area contributed by atoms with Crippen LogP contribution in [0.5, 0.6) is 5.75 Å². The van der Waals surface area contributed by atoms with Crippen molar-refractivity contribution in [3.8, 4) is 17.1 Å². The average Bonchev–Trinajstić information content (AvgIpc) is 3.35.